The van der Waals surface area contributed by atoms with E-state index in [1.165, 1.54) is 13.0 Å². The molecule has 0 spiro atoms. The molecule has 0 aliphatic heterocycles. The van der Waals surface area contributed by atoms with Gasteiger partial charge in [0, 0.05) is 6.08 Å². The van der Waals surface area contributed by atoms with Gasteiger partial charge < -0.3 is 4.74 Å². The first kappa shape index (κ1) is 13.4. The summed E-state index contributed by atoms with van der Waals surface area (Å²) in [5, 5.41) is 0. The first-order valence-electron chi connectivity index (χ1n) is 3.90. The van der Waals surface area contributed by atoms with Crippen LogP contribution in [0.15, 0.2) is 24.3 Å². The Bertz CT molecular complexity index is 289. The molecule has 0 amide bonds. The molecular weight excluding hydrogens is 213 g/mol. The third-order valence-corrected chi connectivity index (χ3v) is 1.05. The molecule has 0 N–H and O–H groups in total. The van der Waals surface area contributed by atoms with E-state index in [-0.39, 0.29) is 5.78 Å². The van der Waals surface area contributed by atoms with Gasteiger partial charge in [-0.3, -0.25) is 4.79 Å². The van der Waals surface area contributed by atoms with E-state index in [9.17, 15) is 22.8 Å². The number of hydrogen-bond acceptors (Lipinski definition) is 3. The van der Waals surface area contributed by atoms with E-state index in [0.717, 1.165) is 18.2 Å². The Morgan fingerprint density at radius 2 is 1.73 bits per heavy atom. The molecule has 3 nitrogen and oxygen atoms in total. The summed E-state index contributed by atoms with van der Waals surface area (Å²) in [6.45, 7) is -0.321. The van der Waals surface area contributed by atoms with E-state index in [1.807, 2.05) is 0 Å². The summed E-state index contributed by atoms with van der Waals surface area (Å²) >= 11 is 0. The van der Waals surface area contributed by atoms with Crippen LogP contribution in [-0.4, -0.2) is 24.5 Å². The molecule has 0 saturated heterocycles. The van der Waals surface area contributed by atoms with Gasteiger partial charge in [0.25, 0.3) is 0 Å². The number of ether oxygens (including phenoxy) is 1. The van der Waals surface area contributed by atoms with Gasteiger partial charge in [0.2, 0.25) is 0 Å². The Labute approximate surface area is 84.2 Å². The average molecular weight is 222 g/mol. The molecule has 0 bridgehead atoms. The molecule has 0 aromatic rings. The minimum absolute atomic E-state index is 0.233. The van der Waals surface area contributed by atoms with E-state index in [0.29, 0.717) is 0 Å². The van der Waals surface area contributed by atoms with E-state index >= 15 is 0 Å². The maximum atomic E-state index is 11.6. The second kappa shape index (κ2) is 6.00. The van der Waals surface area contributed by atoms with Gasteiger partial charge in [0.15, 0.2) is 12.4 Å². The van der Waals surface area contributed by atoms with Crippen LogP contribution in [0.4, 0.5) is 13.2 Å². The summed E-state index contributed by atoms with van der Waals surface area (Å²) in [5.41, 5.74) is 0. The van der Waals surface area contributed by atoms with Crippen molar-refractivity contribution in [2.24, 2.45) is 0 Å². The zero-order valence-corrected chi connectivity index (χ0v) is 7.88. The highest BCUT2D eigenvalue weighted by atomic mass is 19.4. The highest BCUT2D eigenvalue weighted by Gasteiger charge is 2.29. The lowest BCUT2D eigenvalue weighted by atomic mass is 10.3. The van der Waals surface area contributed by atoms with Gasteiger partial charge in [-0.05, 0) is 13.0 Å². The molecule has 0 radical (unpaired) electrons. The fourth-order valence-electron chi connectivity index (χ4n) is 0.526. The molecule has 0 aliphatic carbocycles. The lowest BCUT2D eigenvalue weighted by molar-refractivity contribution is -0.182. The molecule has 0 aliphatic rings. The number of allylic oxidation sites excluding steroid dienone is 3. The molecular formula is C9H9F3O3. The molecule has 0 atom stereocenters. The van der Waals surface area contributed by atoms with Crippen LogP contribution in [0.25, 0.3) is 0 Å². The zero-order valence-electron chi connectivity index (χ0n) is 7.88. The fraction of sp³-hybridized carbons (Fsp3) is 0.333. The number of carbonyl (C=O) groups is 2. The summed E-state index contributed by atoms with van der Waals surface area (Å²) in [7, 11) is 0. The maximum Gasteiger partial charge on any atom is 0.422 e. The molecule has 15 heavy (non-hydrogen) atoms. The molecule has 0 unspecified atom stereocenters. The molecule has 0 fully saturated rings. The second-order valence-electron chi connectivity index (χ2n) is 2.55. The van der Waals surface area contributed by atoms with Gasteiger partial charge in [-0.25, -0.2) is 4.79 Å². The Morgan fingerprint density at radius 1 is 1.20 bits per heavy atom. The highest BCUT2D eigenvalue weighted by Crippen LogP contribution is 2.14. The van der Waals surface area contributed by atoms with Gasteiger partial charge in [-0.2, -0.15) is 13.2 Å². The standard InChI is InChI=1S/C9H9F3O3/c1-7(13)4-2-3-5-8(14)15-6-9(10,11)12/h2-5H,6H2,1H3/b4-2+,5-3+. The Hall–Kier alpha value is -1.59. The minimum atomic E-state index is -4.53. The smallest absolute Gasteiger partial charge is 0.422 e. The van der Waals surface area contributed by atoms with Gasteiger partial charge in [-0.1, -0.05) is 12.2 Å². The zero-order chi connectivity index (χ0) is 11.9. The summed E-state index contributed by atoms with van der Waals surface area (Å²) in [6, 6.07) is 0. The quantitative estimate of drug-likeness (QED) is 0.413. The van der Waals surface area contributed by atoms with E-state index in [4.69, 9.17) is 0 Å². The number of ketones is 1. The summed E-state index contributed by atoms with van der Waals surface area (Å²) in [6.07, 6.45) is -0.214. The number of rotatable bonds is 4. The van der Waals surface area contributed by atoms with E-state index in [2.05, 4.69) is 4.74 Å². The van der Waals surface area contributed by atoms with Crippen LogP contribution >= 0.6 is 0 Å². The van der Waals surface area contributed by atoms with Crippen LogP contribution in [0, 0.1) is 0 Å². The van der Waals surface area contributed by atoms with Gasteiger partial charge in [-0.15, -0.1) is 0 Å². The van der Waals surface area contributed by atoms with Crippen molar-refractivity contribution in [1.82, 2.24) is 0 Å². The average Bonchev–Trinajstić information content (AvgIpc) is 2.07. The summed E-state index contributed by atoms with van der Waals surface area (Å²) in [5.74, 6) is -1.34. The van der Waals surface area contributed by atoms with Crippen LogP contribution in [0.5, 0.6) is 0 Å². The molecule has 0 heterocycles. The van der Waals surface area contributed by atoms with Gasteiger partial charge in [0.05, 0.1) is 0 Å². The normalized spacial score (nSPS) is 12.3. The number of esters is 1. The number of halogens is 3. The van der Waals surface area contributed by atoms with Crippen molar-refractivity contribution in [3.05, 3.63) is 24.3 Å². The Morgan fingerprint density at radius 3 is 2.20 bits per heavy atom. The maximum absolute atomic E-state index is 11.6. The fourth-order valence-corrected chi connectivity index (χ4v) is 0.526. The van der Waals surface area contributed by atoms with Gasteiger partial charge >= 0.3 is 12.1 Å². The number of carbonyl (C=O) groups excluding carboxylic acids is 2. The van der Waals surface area contributed by atoms with Crippen molar-refractivity contribution < 1.29 is 27.5 Å². The third-order valence-electron chi connectivity index (χ3n) is 1.05. The van der Waals surface area contributed by atoms with Crippen LogP contribution in [0.1, 0.15) is 6.92 Å². The molecule has 0 rings (SSSR count). The SMILES string of the molecule is CC(=O)/C=C/C=C/C(=O)OCC(F)(F)F. The first-order chi connectivity index (χ1) is 6.81. The van der Waals surface area contributed by atoms with Gasteiger partial charge in [0.1, 0.15) is 0 Å². The van der Waals surface area contributed by atoms with Crippen molar-refractivity contribution in [2.45, 2.75) is 13.1 Å². The van der Waals surface area contributed by atoms with E-state index in [1.54, 1.807) is 0 Å². The van der Waals surface area contributed by atoms with Crippen molar-refractivity contribution in [3.8, 4) is 0 Å². The van der Waals surface area contributed by atoms with Crippen LogP contribution in [-0.2, 0) is 14.3 Å². The first-order valence-corrected chi connectivity index (χ1v) is 3.90. The minimum Gasteiger partial charge on any atom is -0.453 e. The molecule has 6 heteroatoms. The highest BCUT2D eigenvalue weighted by molar-refractivity contribution is 5.88. The van der Waals surface area contributed by atoms with Crippen molar-refractivity contribution in [1.29, 1.82) is 0 Å². The number of hydrogen-bond donors (Lipinski definition) is 0. The molecule has 0 aromatic heterocycles. The van der Waals surface area contributed by atoms with Crippen molar-refractivity contribution in [2.75, 3.05) is 6.61 Å². The largest absolute Gasteiger partial charge is 0.453 e. The lowest BCUT2D eigenvalue weighted by Crippen LogP contribution is -2.19. The third kappa shape index (κ3) is 10.3. The predicted octanol–water partition coefficient (Wildman–Crippen LogP) is 1.79. The molecule has 0 aromatic carbocycles. The topological polar surface area (TPSA) is 43.4 Å². The van der Waals surface area contributed by atoms with Crippen LogP contribution in [0.2, 0.25) is 0 Å². The monoisotopic (exact) mass is 222 g/mol. The Kier molecular flexibility index (Phi) is 5.36. The lowest BCUT2D eigenvalue weighted by Gasteiger charge is -2.04. The molecule has 0 saturated carbocycles. The van der Waals surface area contributed by atoms with Crippen LogP contribution in [0.3, 0.4) is 0 Å². The van der Waals surface area contributed by atoms with E-state index < -0.39 is 18.8 Å². The number of alkyl halides is 3. The predicted molar refractivity (Wildman–Crippen MR) is 46.0 cm³/mol. The summed E-state index contributed by atoms with van der Waals surface area (Å²) in [4.78, 5) is 21.0. The van der Waals surface area contributed by atoms with Crippen LogP contribution < -0.4 is 0 Å². The van der Waals surface area contributed by atoms with Crippen molar-refractivity contribution in [3.63, 3.8) is 0 Å². The van der Waals surface area contributed by atoms with Crippen molar-refractivity contribution >= 4 is 11.8 Å². The molecule has 84 valence electrons. The second-order valence-corrected chi connectivity index (χ2v) is 2.55. The Balaban J connectivity index is 3.89. The summed E-state index contributed by atoms with van der Waals surface area (Å²) < 4.78 is 38.5.